The Hall–Kier alpha value is -3.40. The standard InChI is InChI=1S/C34H44O18/c1-14-27(49-21(38)8-6-16-5-7-18(43-3)19(11-16)44-4)29(47-15(2)37)26(42)33(46-14)50-28-17-9-10-45-31(22(17)34(13-36)30(28)52-34)51-32-25(41)24(40)23(39)20(12-35)48-32/h5-11,14,17,20,22-33,35-36,39-42H,12-13H2,1-4H3/t14-,17+,20+,22+,23+,24-,25+,26+,27-,28-,29-,30-,31-,32-,33-,34+/m0/s1. The van der Waals surface area contributed by atoms with E-state index in [9.17, 15) is 40.2 Å². The fourth-order valence-corrected chi connectivity index (χ4v) is 7.35. The number of fused-ring (bicyclic) bond motifs is 3. The van der Waals surface area contributed by atoms with Gasteiger partial charge in [0.05, 0.1) is 51.8 Å². The Morgan fingerprint density at radius 2 is 1.60 bits per heavy atom. The predicted molar refractivity (Wildman–Crippen MR) is 170 cm³/mol. The summed E-state index contributed by atoms with van der Waals surface area (Å²) in [6.07, 6.45) is -11.7. The minimum absolute atomic E-state index is 0.450. The van der Waals surface area contributed by atoms with Crippen molar-refractivity contribution < 1.29 is 87.6 Å². The maximum atomic E-state index is 12.9. The van der Waals surface area contributed by atoms with Gasteiger partial charge in [0.1, 0.15) is 42.2 Å². The molecule has 288 valence electrons. The molecule has 1 aliphatic carbocycles. The second-order valence-electron chi connectivity index (χ2n) is 13.1. The van der Waals surface area contributed by atoms with Crippen LogP contribution in [0.4, 0.5) is 0 Å². The Morgan fingerprint density at radius 3 is 2.27 bits per heavy atom. The van der Waals surface area contributed by atoms with E-state index in [2.05, 4.69) is 0 Å². The number of aliphatic hydroxyl groups excluding tert-OH is 6. The van der Waals surface area contributed by atoms with Crippen molar-refractivity contribution in [3.05, 3.63) is 42.2 Å². The van der Waals surface area contributed by atoms with Crippen LogP contribution in [0, 0.1) is 11.8 Å². The Labute approximate surface area is 297 Å². The molecule has 1 saturated carbocycles. The maximum absolute atomic E-state index is 12.9. The molecule has 4 heterocycles. The minimum Gasteiger partial charge on any atom is -0.493 e. The Balaban J connectivity index is 1.15. The molecule has 6 rings (SSSR count). The molecule has 0 bridgehead atoms. The molecular weight excluding hydrogens is 696 g/mol. The molecular formula is C34H44O18. The van der Waals surface area contributed by atoms with Crippen molar-refractivity contribution in [2.24, 2.45) is 11.8 Å². The maximum Gasteiger partial charge on any atom is 0.331 e. The number of ether oxygens (including phenoxy) is 10. The van der Waals surface area contributed by atoms with Gasteiger partial charge in [-0.3, -0.25) is 4.79 Å². The number of carbonyl (C=O) groups excluding carboxylic acids is 2. The van der Waals surface area contributed by atoms with E-state index >= 15 is 0 Å². The van der Waals surface area contributed by atoms with Crippen molar-refractivity contribution >= 4 is 18.0 Å². The number of hydrogen-bond acceptors (Lipinski definition) is 18. The van der Waals surface area contributed by atoms with Gasteiger partial charge in [-0.2, -0.15) is 0 Å². The second-order valence-corrected chi connectivity index (χ2v) is 13.1. The van der Waals surface area contributed by atoms with Crippen molar-refractivity contribution in [3.63, 3.8) is 0 Å². The summed E-state index contributed by atoms with van der Waals surface area (Å²) < 4.78 is 56.9. The first-order valence-corrected chi connectivity index (χ1v) is 16.7. The smallest absolute Gasteiger partial charge is 0.331 e. The Bertz CT molecular complexity index is 1500. The normalized spacial score (nSPS) is 42.2. The highest BCUT2D eigenvalue weighted by molar-refractivity contribution is 5.87. The first-order valence-electron chi connectivity index (χ1n) is 16.7. The molecule has 1 aromatic carbocycles. The average Bonchev–Trinajstić information content (AvgIpc) is 3.81. The van der Waals surface area contributed by atoms with Gasteiger partial charge < -0.3 is 78.0 Å². The van der Waals surface area contributed by atoms with Crippen molar-refractivity contribution in [2.75, 3.05) is 27.4 Å². The first kappa shape index (κ1) is 38.3. The highest BCUT2D eigenvalue weighted by Crippen LogP contribution is 2.61. The van der Waals surface area contributed by atoms with Gasteiger partial charge in [0.2, 0.25) is 6.29 Å². The van der Waals surface area contributed by atoms with E-state index in [0.29, 0.717) is 17.1 Å². The average molecular weight is 741 g/mol. The summed E-state index contributed by atoms with van der Waals surface area (Å²) in [5.74, 6) is -1.99. The number of esters is 2. The molecule has 18 heteroatoms. The summed E-state index contributed by atoms with van der Waals surface area (Å²) >= 11 is 0. The third-order valence-electron chi connectivity index (χ3n) is 10.0. The summed E-state index contributed by atoms with van der Waals surface area (Å²) in [4.78, 5) is 25.1. The van der Waals surface area contributed by atoms with Crippen LogP contribution in [0.3, 0.4) is 0 Å². The van der Waals surface area contributed by atoms with E-state index < -0.39 is 122 Å². The van der Waals surface area contributed by atoms with Gasteiger partial charge >= 0.3 is 11.9 Å². The van der Waals surface area contributed by atoms with Crippen molar-refractivity contribution in [1.29, 1.82) is 0 Å². The number of methoxy groups -OCH3 is 2. The van der Waals surface area contributed by atoms with E-state index in [1.54, 1.807) is 31.2 Å². The minimum atomic E-state index is -1.71. The molecule has 52 heavy (non-hydrogen) atoms. The largest absolute Gasteiger partial charge is 0.493 e. The molecule has 4 aliphatic heterocycles. The van der Waals surface area contributed by atoms with E-state index in [0.717, 1.165) is 13.0 Å². The molecule has 0 radical (unpaired) electrons. The number of carbonyl (C=O) groups is 2. The summed E-state index contributed by atoms with van der Waals surface area (Å²) in [6, 6.07) is 5.02. The molecule has 0 unspecified atom stereocenters. The van der Waals surface area contributed by atoms with E-state index in [1.807, 2.05) is 0 Å². The van der Waals surface area contributed by atoms with Crippen LogP contribution in [-0.4, -0.2) is 156 Å². The molecule has 0 spiro atoms. The lowest BCUT2D eigenvalue weighted by atomic mass is 9.85. The van der Waals surface area contributed by atoms with E-state index in [4.69, 9.17) is 47.4 Å². The fourth-order valence-electron chi connectivity index (χ4n) is 7.35. The van der Waals surface area contributed by atoms with E-state index in [1.165, 1.54) is 26.6 Å². The summed E-state index contributed by atoms with van der Waals surface area (Å²) in [5, 5.41) is 62.4. The number of benzene rings is 1. The Morgan fingerprint density at radius 1 is 0.865 bits per heavy atom. The fraction of sp³-hybridized carbons (Fsp3) is 0.647. The van der Waals surface area contributed by atoms with Crippen molar-refractivity contribution in [3.8, 4) is 11.5 Å². The van der Waals surface area contributed by atoms with Gasteiger partial charge in [0.15, 0.2) is 36.3 Å². The molecule has 16 atom stereocenters. The molecule has 0 aromatic heterocycles. The van der Waals surface area contributed by atoms with Gasteiger partial charge in [0.25, 0.3) is 0 Å². The lowest BCUT2D eigenvalue weighted by molar-refractivity contribution is -0.347. The van der Waals surface area contributed by atoms with Crippen LogP contribution in [0.25, 0.3) is 6.08 Å². The van der Waals surface area contributed by atoms with Crippen LogP contribution in [0.15, 0.2) is 36.6 Å². The van der Waals surface area contributed by atoms with Gasteiger partial charge in [-0.15, -0.1) is 0 Å². The first-order chi connectivity index (χ1) is 24.9. The second kappa shape index (κ2) is 15.5. The zero-order valence-electron chi connectivity index (χ0n) is 28.7. The third kappa shape index (κ3) is 7.13. The van der Waals surface area contributed by atoms with Crippen LogP contribution in [-0.2, 0) is 47.5 Å². The molecule has 5 aliphatic rings. The van der Waals surface area contributed by atoms with Gasteiger partial charge in [0, 0.05) is 18.9 Å². The molecule has 6 N–H and O–H groups in total. The van der Waals surface area contributed by atoms with Crippen LogP contribution in [0.2, 0.25) is 0 Å². The topological polar surface area (TPSA) is 251 Å². The lowest BCUT2D eigenvalue weighted by Crippen LogP contribution is -2.61. The summed E-state index contributed by atoms with van der Waals surface area (Å²) in [6.45, 7) is 1.52. The number of aliphatic hydroxyl groups is 6. The predicted octanol–water partition coefficient (Wildman–Crippen LogP) is -1.89. The zero-order chi connectivity index (χ0) is 37.5. The highest BCUT2D eigenvalue weighted by atomic mass is 16.8. The van der Waals surface area contributed by atoms with Crippen LogP contribution < -0.4 is 9.47 Å². The third-order valence-corrected chi connectivity index (χ3v) is 10.0. The highest BCUT2D eigenvalue weighted by Gasteiger charge is 2.77. The van der Waals surface area contributed by atoms with E-state index in [-0.39, 0.29) is 0 Å². The molecule has 18 nitrogen and oxygen atoms in total. The number of rotatable bonds is 12. The summed E-state index contributed by atoms with van der Waals surface area (Å²) in [7, 11) is 2.98. The monoisotopic (exact) mass is 740 g/mol. The molecule has 1 aromatic rings. The Kier molecular flexibility index (Phi) is 11.4. The van der Waals surface area contributed by atoms with Crippen LogP contribution in [0.1, 0.15) is 19.4 Å². The van der Waals surface area contributed by atoms with Crippen molar-refractivity contribution in [1.82, 2.24) is 0 Å². The number of epoxide rings is 1. The van der Waals surface area contributed by atoms with Crippen LogP contribution >= 0.6 is 0 Å². The molecule has 4 fully saturated rings. The lowest BCUT2D eigenvalue weighted by Gasteiger charge is -2.44. The van der Waals surface area contributed by atoms with Crippen LogP contribution in [0.5, 0.6) is 11.5 Å². The van der Waals surface area contributed by atoms with Gasteiger partial charge in [-0.1, -0.05) is 6.07 Å². The van der Waals surface area contributed by atoms with Gasteiger partial charge in [-0.25, -0.2) is 4.79 Å². The molecule has 3 saturated heterocycles. The molecule has 0 amide bonds. The zero-order valence-corrected chi connectivity index (χ0v) is 28.7. The SMILES string of the molecule is COc1ccc(C=CC(=O)O[C@@H]2[C@@H](OC(C)=O)[C@@H](O)[C@H](O[C@H]3[C@@H]4C=CO[C@@H](O[C@@H]5O[C@H](CO)[C@@H](O)[C@H](O)[C@H]5O)[C@@H]4[C@@]4(CO)O[C@@H]34)O[C@H]2C)cc1OC. The number of hydrogen-bond donors (Lipinski definition) is 6. The quantitative estimate of drug-likeness (QED) is 0.0779. The summed E-state index contributed by atoms with van der Waals surface area (Å²) in [5.41, 5.74) is -0.649. The van der Waals surface area contributed by atoms with Crippen molar-refractivity contribution in [2.45, 2.75) is 99.4 Å². The van der Waals surface area contributed by atoms with Gasteiger partial charge in [-0.05, 0) is 36.8 Å².